The largest absolute Gasteiger partial charge is 0.350 e. The van der Waals surface area contributed by atoms with Gasteiger partial charge in [-0.2, -0.15) is 5.10 Å². The van der Waals surface area contributed by atoms with Crippen molar-refractivity contribution >= 4 is 5.91 Å². The van der Waals surface area contributed by atoms with E-state index in [0.717, 1.165) is 5.56 Å². The number of carbonyl (C=O) groups excluding carboxylic acids is 1. The van der Waals surface area contributed by atoms with Crippen molar-refractivity contribution in [1.82, 2.24) is 15.1 Å². The molecule has 0 fully saturated rings. The first-order valence-electron chi connectivity index (χ1n) is 6.71. The third kappa shape index (κ3) is 3.98. The van der Waals surface area contributed by atoms with Gasteiger partial charge in [0.25, 0.3) is 11.5 Å². The average molecular weight is 289 g/mol. The summed E-state index contributed by atoms with van der Waals surface area (Å²) in [5, 5.41) is 6.69. The number of benzene rings is 1. The molecule has 21 heavy (non-hydrogen) atoms. The van der Waals surface area contributed by atoms with Gasteiger partial charge in [0.15, 0.2) is 0 Å². The van der Waals surface area contributed by atoms with Crippen LogP contribution >= 0.6 is 0 Å². The monoisotopic (exact) mass is 289 g/mol. The molecular formula is C15H16FN3O2. The molecule has 0 spiro atoms. The van der Waals surface area contributed by atoms with Crippen molar-refractivity contribution in [2.75, 3.05) is 6.54 Å². The van der Waals surface area contributed by atoms with E-state index in [1.807, 2.05) is 0 Å². The number of aryl methyl sites for hydroxylation is 1. The predicted octanol–water partition coefficient (Wildman–Crippen LogP) is 1.37. The Morgan fingerprint density at radius 3 is 2.62 bits per heavy atom. The lowest BCUT2D eigenvalue weighted by Crippen LogP contribution is -2.30. The van der Waals surface area contributed by atoms with Crippen LogP contribution in [0, 0.1) is 5.82 Å². The molecule has 0 aliphatic rings. The van der Waals surface area contributed by atoms with Crippen molar-refractivity contribution in [2.45, 2.75) is 19.9 Å². The molecular weight excluding hydrogens is 273 g/mol. The molecule has 1 N–H and O–H groups in total. The lowest BCUT2D eigenvalue weighted by Gasteiger charge is -2.06. The first-order chi connectivity index (χ1) is 10.1. The maximum atomic E-state index is 12.8. The highest BCUT2D eigenvalue weighted by atomic mass is 19.1. The van der Waals surface area contributed by atoms with Crippen molar-refractivity contribution in [1.29, 1.82) is 0 Å². The Bertz CT molecular complexity index is 680. The SMILES string of the molecule is CCn1nc(C(=O)NCCc2ccc(F)cc2)ccc1=O. The maximum Gasteiger partial charge on any atom is 0.271 e. The number of hydrogen-bond acceptors (Lipinski definition) is 3. The number of nitrogens with zero attached hydrogens (tertiary/aromatic N) is 2. The molecule has 0 saturated heterocycles. The molecule has 1 aromatic carbocycles. The molecule has 0 bridgehead atoms. The summed E-state index contributed by atoms with van der Waals surface area (Å²) in [7, 11) is 0. The van der Waals surface area contributed by atoms with Crippen LogP contribution in [0.5, 0.6) is 0 Å². The molecule has 0 unspecified atom stereocenters. The molecule has 0 radical (unpaired) electrons. The van der Waals surface area contributed by atoms with Gasteiger partial charge in [0.2, 0.25) is 0 Å². The van der Waals surface area contributed by atoms with Gasteiger partial charge < -0.3 is 5.32 Å². The third-order valence-corrected chi connectivity index (χ3v) is 3.01. The second kappa shape index (κ2) is 6.78. The van der Waals surface area contributed by atoms with E-state index in [0.29, 0.717) is 19.5 Å². The molecule has 0 aliphatic carbocycles. The second-order valence-electron chi connectivity index (χ2n) is 4.50. The smallest absolute Gasteiger partial charge is 0.271 e. The van der Waals surface area contributed by atoms with Gasteiger partial charge in [-0.3, -0.25) is 9.59 Å². The normalized spacial score (nSPS) is 10.4. The first kappa shape index (κ1) is 14.9. The van der Waals surface area contributed by atoms with E-state index in [9.17, 15) is 14.0 Å². The molecule has 110 valence electrons. The standard InChI is InChI=1S/C15H16FN3O2/c1-2-19-14(20)8-7-13(18-19)15(21)17-10-9-11-3-5-12(16)6-4-11/h3-8H,2,9-10H2,1H3,(H,17,21). The minimum absolute atomic E-state index is 0.204. The van der Waals surface area contributed by atoms with Crippen LogP contribution in [0.1, 0.15) is 23.0 Å². The highest BCUT2D eigenvalue weighted by Crippen LogP contribution is 2.03. The van der Waals surface area contributed by atoms with E-state index < -0.39 is 0 Å². The number of hydrogen-bond donors (Lipinski definition) is 1. The van der Waals surface area contributed by atoms with E-state index >= 15 is 0 Å². The van der Waals surface area contributed by atoms with Crippen LogP contribution in [0.2, 0.25) is 0 Å². The molecule has 1 amide bonds. The lowest BCUT2D eigenvalue weighted by molar-refractivity contribution is 0.0946. The number of halogens is 1. The summed E-state index contributed by atoms with van der Waals surface area (Å²) >= 11 is 0. The minimum Gasteiger partial charge on any atom is -0.350 e. The number of aromatic nitrogens is 2. The Kier molecular flexibility index (Phi) is 4.81. The van der Waals surface area contributed by atoms with Gasteiger partial charge in [-0.05, 0) is 37.1 Å². The van der Waals surface area contributed by atoms with E-state index in [1.54, 1.807) is 19.1 Å². The summed E-state index contributed by atoms with van der Waals surface area (Å²) in [4.78, 5) is 23.3. The highest BCUT2D eigenvalue weighted by Gasteiger charge is 2.08. The number of amides is 1. The van der Waals surface area contributed by atoms with Gasteiger partial charge in [0.1, 0.15) is 11.5 Å². The van der Waals surface area contributed by atoms with Crippen LogP contribution in [-0.2, 0) is 13.0 Å². The zero-order chi connectivity index (χ0) is 15.2. The summed E-state index contributed by atoms with van der Waals surface area (Å²) < 4.78 is 14.0. The molecule has 2 rings (SSSR count). The molecule has 1 aromatic heterocycles. The van der Waals surface area contributed by atoms with E-state index in [4.69, 9.17) is 0 Å². The minimum atomic E-state index is -0.334. The van der Waals surface area contributed by atoms with Crippen molar-refractivity contribution in [3.05, 3.63) is 63.8 Å². The number of nitrogens with one attached hydrogen (secondary N) is 1. The second-order valence-corrected chi connectivity index (χ2v) is 4.50. The fourth-order valence-corrected chi connectivity index (χ4v) is 1.86. The van der Waals surface area contributed by atoms with Gasteiger partial charge >= 0.3 is 0 Å². The van der Waals surface area contributed by atoms with Gasteiger partial charge in [-0.1, -0.05) is 12.1 Å². The van der Waals surface area contributed by atoms with E-state index in [1.165, 1.54) is 28.9 Å². The van der Waals surface area contributed by atoms with Gasteiger partial charge in [-0.15, -0.1) is 0 Å². The summed E-state index contributed by atoms with van der Waals surface area (Å²) in [5.41, 5.74) is 0.902. The van der Waals surface area contributed by atoms with Crippen molar-refractivity contribution in [3.8, 4) is 0 Å². The summed E-state index contributed by atoms with van der Waals surface area (Å²) in [6.45, 7) is 2.61. The van der Waals surface area contributed by atoms with Crippen LogP contribution in [-0.4, -0.2) is 22.2 Å². The fraction of sp³-hybridized carbons (Fsp3) is 0.267. The van der Waals surface area contributed by atoms with Crippen LogP contribution in [0.25, 0.3) is 0 Å². The molecule has 1 heterocycles. The molecule has 0 aliphatic heterocycles. The topological polar surface area (TPSA) is 64.0 Å². The van der Waals surface area contributed by atoms with Crippen molar-refractivity contribution in [3.63, 3.8) is 0 Å². The van der Waals surface area contributed by atoms with Crippen LogP contribution < -0.4 is 10.9 Å². The molecule has 6 heteroatoms. The van der Waals surface area contributed by atoms with Crippen molar-refractivity contribution in [2.24, 2.45) is 0 Å². The fourth-order valence-electron chi connectivity index (χ4n) is 1.86. The molecule has 0 atom stereocenters. The van der Waals surface area contributed by atoms with E-state index in [-0.39, 0.29) is 23.0 Å². The Balaban J connectivity index is 1.92. The Morgan fingerprint density at radius 2 is 1.95 bits per heavy atom. The zero-order valence-electron chi connectivity index (χ0n) is 11.7. The Hall–Kier alpha value is -2.50. The molecule has 2 aromatic rings. The first-order valence-corrected chi connectivity index (χ1v) is 6.71. The van der Waals surface area contributed by atoms with Gasteiger partial charge in [-0.25, -0.2) is 9.07 Å². The van der Waals surface area contributed by atoms with Gasteiger partial charge in [0, 0.05) is 19.2 Å². The van der Waals surface area contributed by atoms with Crippen LogP contribution in [0.3, 0.4) is 0 Å². The number of carbonyl (C=O) groups is 1. The Labute approximate surface area is 121 Å². The summed E-state index contributed by atoms with van der Waals surface area (Å²) in [6.07, 6.45) is 0.597. The lowest BCUT2D eigenvalue weighted by atomic mass is 10.1. The van der Waals surface area contributed by atoms with E-state index in [2.05, 4.69) is 10.4 Å². The Morgan fingerprint density at radius 1 is 1.24 bits per heavy atom. The third-order valence-electron chi connectivity index (χ3n) is 3.01. The molecule has 5 nitrogen and oxygen atoms in total. The number of rotatable bonds is 5. The zero-order valence-corrected chi connectivity index (χ0v) is 11.7. The predicted molar refractivity (Wildman–Crippen MR) is 76.6 cm³/mol. The molecule has 0 saturated carbocycles. The average Bonchev–Trinajstić information content (AvgIpc) is 2.49. The van der Waals surface area contributed by atoms with Crippen LogP contribution in [0.15, 0.2) is 41.2 Å². The highest BCUT2D eigenvalue weighted by molar-refractivity contribution is 5.91. The maximum absolute atomic E-state index is 12.8. The van der Waals surface area contributed by atoms with Gasteiger partial charge in [0.05, 0.1) is 0 Å². The van der Waals surface area contributed by atoms with Crippen LogP contribution in [0.4, 0.5) is 4.39 Å². The summed E-state index contributed by atoms with van der Waals surface area (Å²) in [5.74, 6) is -0.617. The quantitative estimate of drug-likeness (QED) is 0.904. The summed E-state index contributed by atoms with van der Waals surface area (Å²) in [6, 6.07) is 8.85. The van der Waals surface area contributed by atoms with Crippen molar-refractivity contribution < 1.29 is 9.18 Å².